The van der Waals surface area contributed by atoms with Gasteiger partial charge in [0.15, 0.2) is 0 Å². The maximum Gasteiger partial charge on any atom is 0.258 e. The summed E-state index contributed by atoms with van der Waals surface area (Å²) in [6.07, 6.45) is 2.63. The molecule has 1 amide bonds. The third kappa shape index (κ3) is 5.32. The molecule has 0 unspecified atom stereocenters. The number of ether oxygens (including phenoxy) is 1. The Morgan fingerprint density at radius 3 is 2.73 bits per heavy atom. The number of aliphatic imine (C=N–C) groups is 1. The molecule has 8 heteroatoms. The van der Waals surface area contributed by atoms with Crippen LogP contribution in [0.4, 0.5) is 10.1 Å². The highest BCUT2D eigenvalue weighted by Crippen LogP contribution is 2.23. The minimum absolute atomic E-state index is 0.127. The molecule has 4 aromatic rings. The number of rotatable bonds is 6. The minimum Gasteiger partial charge on any atom is -0.495 e. The number of carbonyl (C=O) groups excluding carboxylic acids is 1. The number of methoxy groups -OCH3 is 1. The number of carbonyl (C=O) groups is 1. The van der Waals surface area contributed by atoms with Crippen LogP contribution >= 0.6 is 11.6 Å². The molecule has 0 spiro atoms. The highest BCUT2D eigenvalue weighted by Gasteiger charge is 2.13. The van der Waals surface area contributed by atoms with Gasteiger partial charge < -0.3 is 15.0 Å². The van der Waals surface area contributed by atoms with E-state index in [4.69, 9.17) is 16.3 Å². The Morgan fingerprint density at radius 1 is 1.12 bits per heavy atom. The second kappa shape index (κ2) is 10.2. The molecule has 1 heterocycles. The molecule has 1 aromatic heterocycles. The second-order valence-electron chi connectivity index (χ2n) is 7.25. The average molecular weight is 465 g/mol. The monoisotopic (exact) mass is 464 g/mol. The number of aromatic nitrogens is 1. The van der Waals surface area contributed by atoms with Gasteiger partial charge in [0.1, 0.15) is 11.6 Å². The number of halogens is 2. The molecule has 6 nitrogen and oxygen atoms in total. The predicted octanol–water partition coefficient (Wildman–Crippen LogP) is 5.41. The zero-order chi connectivity index (χ0) is 23.2. The van der Waals surface area contributed by atoms with E-state index in [1.807, 2.05) is 42.6 Å². The lowest BCUT2D eigenvalue weighted by molar-refractivity contribution is 0.0977. The van der Waals surface area contributed by atoms with Crippen molar-refractivity contribution in [2.24, 2.45) is 4.99 Å². The van der Waals surface area contributed by atoms with Gasteiger partial charge >= 0.3 is 0 Å². The van der Waals surface area contributed by atoms with E-state index in [0.29, 0.717) is 24.4 Å². The van der Waals surface area contributed by atoms with Crippen molar-refractivity contribution in [2.45, 2.75) is 6.42 Å². The van der Waals surface area contributed by atoms with Gasteiger partial charge in [0.25, 0.3) is 5.91 Å². The lowest BCUT2D eigenvalue weighted by atomic mass is 10.1. The molecule has 33 heavy (non-hydrogen) atoms. The Hall–Kier alpha value is -3.84. The van der Waals surface area contributed by atoms with Crippen molar-refractivity contribution in [3.63, 3.8) is 0 Å². The molecule has 0 fully saturated rings. The zero-order valence-electron chi connectivity index (χ0n) is 17.9. The highest BCUT2D eigenvalue weighted by atomic mass is 35.5. The summed E-state index contributed by atoms with van der Waals surface area (Å²) in [4.78, 5) is 20.6. The summed E-state index contributed by atoms with van der Waals surface area (Å²) in [6.45, 7) is 0.420. The summed E-state index contributed by atoms with van der Waals surface area (Å²) >= 11 is 5.83. The van der Waals surface area contributed by atoms with Crippen molar-refractivity contribution < 1.29 is 13.9 Å². The normalized spacial score (nSPS) is 11.4. The Balaban J connectivity index is 1.55. The molecular weight excluding hydrogens is 443 g/mol. The third-order valence-corrected chi connectivity index (χ3v) is 5.39. The Kier molecular flexibility index (Phi) is 6.90. The number of nitrogens with one attached hydrogen (secondary N) is 3. The van der Waals surface area contributed by atoms with Gasteiger partial charge in [-0.3, -0.25) is 15.1 Å². The van der Waals surface area contributed by atoms with Gasteiger partial charge in [0.05, 0.1) is 17.8 Å². The fourth-order valence-electron chi connectivity index (χ4n) is 3.43. The van der Waals surface area contributed by atoms with E-state index in [0.717, 1.165) is 22.5 Å². The van der Waals surface area contributed by atoms with Crippen LogP contribution in [0.15, 0.2) is 77.9 Å². The van der Waals surface area contributed by atoms with E-state index in [1.165, 1.54) is 12.1 Å². The van der Waals surface area contributed by atoms with E-state index in [2.05, 4.69) is 26.7 Å². The number of fused-ring (bicyclic) bond motifs is 1. The number of hydrogen-bond acceptors (Lipinski definition) is 3. The number of hydrogen-bond donors (Lipinski definition) is 3. The number of amides is 1. The molecule has 0 aliphatic rings. The standard InChI is InChI=1S/C25H22ClFN4O2/c1-33-23-9-5-4-8-22(23)30-25(31-24(32)16-10-11-20(27)19(26)14-16)28-13-12-17-15-29-21-7-3-2-6-18(17)21/h2-11,14-15,29H,12-13H2,1H3,(H2,28,30,31,32). The first-order valence-electron chi connectivity index (χ1n) is 10.3. The molecule has 0 saturated carbocycles. The molecule has 0 radical (unpaired) electrons. The number of anilines is 1. The van der Waals surface area contributed by atoms with Gasteiger partial charge in [-0.25, -0.2) is 4.39 Å². The summed E-state index contributed by atoms with van der Waals surface area (Å²) in [7, 11) is 1.56. The molecule has 0 aliphatic heterocycles. The van der Waals surface area contributed by atoms with Crippen molar-refractivity contribution >= 4 is 40.1 Å². The van der Waals surface area contributed by atoms with E-state index in [9.17, 15) is 9.18 Å². The van der Waals surface area contributed by atoms with Crippen LogP contribution in [-0.2, 0) is 6.42 Å². The Morgan fingerprint density at radius 2 is 1.91 bits per heavy atom. The van der Waals surface area contributed by atoms with E-state index in [-0.39, 0.29) is 16.5 Å². The quantitative estimate of drug-likeness (QED) is 0.264. The number of H-pyrrole nitrogens is 1. The lowest BCUT2D eigenvalue weighted by Gasteiger charge is -2.14. The van der Waals surface area contributed by atoms with E-state index < -0.39 is 11.7 Å². The van der Waals surface area contributed by atoms with Crippen molar-refractivity contribution in [1.82, 2.24) is 10.3 Å². The van der Waals surface area contributed by atoms with E-state index in [1.54, 1.807) is 13.2 Å². The molecule has 0 bridgehead atoms. The van der Waals surface area contributed by atoms with Crippen LogP contribution in [0.25, 0.3) is 10.9 Å². The first kappa shape index (κ1) is 22.4. The van der Waals surface area contributed by atoms with Gasteiger partial charge in [-0.2, -0.15) is 0 Å². The average Bonchev–Trinajstić information content (AvgIpc) is 3.24. The van der Waals surface area contributed by atoms with Crippen molar-refractivity contribution in [2.75, 3.05) is 19.0 Å². The third-order valence-electron chi connectivity index (χ3n) is 5.10. The van der Waals surface area contributed by atoms with Crippen LogP contribution in [0.2, 0.25) is 5.02 Å². The molecule has 3 aromatic carbocycles. The van der Waals surface area contributed by atoms with Gasteiger partial charge in [-0.05, 0) is 48.4 Å². The van der Waals surface area contributed by atoms with Crippen LogP contribution in [0, 0.1) is 5.82 Å². The summed E-state index contributed by atoms with van der Waals surface area (Å²) in [5.41, 5.74) is 3.05. The van der Waals surface area contributed by atoms with Crippen molar-refractivity contribution in [3.05, 3.63) is 94.9 Å². The number of nitrogens with zero attached hydrogens (tertiary/aromatic N) is 1. The Bertz CT molecular complexity index is 1320. The van der Waals surface area contributed by atoms with E-state index >= 15 is 0 Å². The molecule has 0 aliphatic carbocycles. The molecule has 168 valence electrons. The van der Waals surface area contributed by atoms with Crippen LogP contribution < -0.4 is 15.4 Å². The predicted molar refractivity (Wildman–Crippen MR) is 130 cm³/mol. The molecule has 3 N–H and O–H groups in total. The topological polar surface area (TPSA) is 78.5 Å². The van der Waals surface area contributed by atoms with Crippen LogP contribution in [0.3, 0.4) is 0 Å². The van der Waals surface area contributed by atoms with Crippen LogP contribution in [0.1, 0.15) is 15.9 Å². The van der Waals surface area contributed by atoms with Crippen molar-refractivity contribution in [1.29, 1.82) is 0 Å². The summed E-state index contributed by atoms with van der Waals surface area (Å²) in [6, 6.07) is 19.1. The Labute approximate surface area is 195 Å². The number of guanidine groups is 1. The fraction of sp³-hybridized carbons (Fsp3) is 0.120. The number of benzene rings is 3. The maximum absolute atomic E-state index is 13.5. The molecule has 0 atom stereocenters. The SMILES string of the molecule is COc1ccccc1NC(=NCCc1c[nH]c2ccccc12)NC(=O)c1ccc(F)c(Cl)c1. The molecule has 0 saturated heterocycles. The van der Waals surface area contributed by atoms with Gasteiger partial charge in [0, 0.05) is 29.2 Å². The first-order valence-corrected chi connectivity index (χ1v) is 10.7. The molecular formula is C25H22ClFN4O2. The lowest BCUT2D eigenvalue weighted by Crippen LogP contribution is -2.36. The van der Waals surface area contributed by atoms with Gasteiger partial charge in [0.2, 0.25) is 5.96 Å². The maximum atomic E-state index is 13.5. The molecule has 4 rings (SSSR count). The summed E-state index contributed by atoms with van der Waals surface area (Å²) < 4.78 is 18.9. The number of aromatic amines is 1. The number of para-hydroxylation sites is 3. The van der Waals surface area contributed by atoms with Gasteiger partial charge in [-0.1, -0.05) is 41.9 Å². The summed E-state index contributed by atoms with van der Waals surface area (Å²) in [5, 5.41) is 6.88. The van der Waals surface area contributed by atoms with Crippen LogP contribution in [-0.4, -0.2) is 30.5 Å². The van der Waals surface area contributed by atoms with Crippen LogP contribution in [0.5, 0.6) is 5.75 Å². The second-order valence-corrected chi connectivity index (χ2v) is 7.66. The largest absolute Gasteiger partial charge is 0.495 e. The van der Waals surface area contributed by atoms with Gasteiger partial charge in [-0.15, -0.1) is 0 Å². The fourth-order valence-corrected chi connectivity index (χ4v) is 3.61. The van der Waals surface area contributed by atoms with Crippen molar-refractivity contribution in [3.8, 4) is 5.75 Å². The zero-order valence-corrected chi connectivity index (χ0v) is 18.6. The summed E-state index contributed by atoms with van der Waals surface area (Å²) in [5.74, 6) is -0.219. The smallest absolute Gasteiger partial charge is 0.258 e. The first-order chi connectivity index (χ1) is 16.0. The minimum atomic E-state index is -0.590. The highest BCUT2D eigenvalue weighted by molar-refractivity contribution is 6.31.